The molecular formula is C41H73N2O2+. The van der Waals surface area contributed by atoms with E-state index in [1.807, 2.05) is 24.3 Å². The summed E-state index contributed by atoms with van der Waals surface area (Å²) in [7, 11) is 4.62. The quantitative estimate of drug-likeness (QED) is 0.0356. The summed E-state index contributed by atoms with van der Waals surface area (Å²) in [4.78, 5) is 16.4. The van der Waals surface area contributed by atoms with Gasteiger partial charge in [0.05, 0.1) is 20.6 Å². The highest BCUT2D eigenvalue weighted by atomic mass is 16.5. The minimum Gasteiger partial charge on any atom is -0.488 e. The number of quaternary nitrogens is 1. The summed E-state index contributed by atoms with van der Waals surface area (Å²) >= 11 is 0. The minimum atomic E-state index is -0.0182. The Balaban J connectivity index is 2.05. The lowest BCUT2D eigenvalue weighted by Gasteiger charge is -2.29. The predicted molar refractivity (Wildman–Crippen MR) is 198 cm³/mol. The molecule has 0 saturated heterocycles. The SMILES string of the molecule is CCCCCCCC/C=C\CCCCCCCC(=O)N=Cc1ccc(OCC[N+](C)(C)CCCCCCCCCCCC)cc1. The lowest BCUT2D eigenvalue weighted by atomic mass is 10.1. The average Bonchev–Trinajstić information content (AvgIpc) is 3.03. The molecule has 1 rings (SSSR count). The van der Waals surface area contributed by atoms with E-state index in [1.54, 1.807) is 6.21 Å². The molecule has 1 aromatic carbocycles. The maximum absolute atomic E-state index is 12.2. The smallest absolute Gasteiger partial charge is 0.245 e. The van der Waals surface area contributed by atoms with Crippen LogP contribution >= 0.6 is 0 Å². The Hall–Kier alpha value is -1.94. The second-order valence-corrected chi connectivity index (χ2v) is 14.0. The molecule has 1 amide bonds. The molecule has 0 aliphatic carbocycles. The van der Waals surface area contributed by atoms with Crippen molar-refractivity contribution < 1.29 is 14.0 Å². The van der Waals surface area contributed by atoms with E-state index in [-0.39, 0.29) is 5.91 Å². The lowest BCUT2D eigenvalue weighted by Crippen LogP contribution is -2.43. The normalized spacial score (nSPS) is 12.1. The number of hydrogen-bond acceptors (Lipinski definition) is 2. The second kappa shape index (κ2) is 29.5. The van der Waals surface area contributed by atoms with Crippen molar-refractivity contribution in [2.45, 2.75) is 168 Å². The molecule has 0 aromatic heterocycles. The van der Waals surface area contributed by atoms with Crippen molar-refractivity contribution in [2.24, 2.45) is 4.99 Å². The number of carbonyl (C=O) groups excluding carboxylic acids is 1. The van der Waals surface area contributed by atoms with E-state index in [2.05, 4.69) is 45.1 Å². The van der Waals surface area contributed by atoms with Gasteiger partial charge in [0.2, 0.25) is 5.91 Å². The molecule has 0 radical (unpaired) electrons. The van der Waals surface area contributed by atoms with Crippen LogP contribution in [0.25, 0.3) is 0 Å². The van der Waals surface area contributed by atoms with Gasteiger partial charge in [-0.1, -0.05) is 129 Å². The van der Waals surface area contributed by atoms with Crippen molar-refractivity contribution in [2.75, 3.05) is 33.8 Å². The fraction of sp³-hybridized carbons (Fsp3) is 0.756. The molecule has 0 bridgehead atoms. The zero-order valence-electron chi connectivity index (χ0n) is 30.3. The van der Waals surface area contributed by atoms with Crippen LogP contribution in [-0.2, 0) is 4.79 Å². The van der Waals surface area contributed by atoms with Gasteiger partial charge >= 0.3 is 0 Å². The molecule has 0 N–H and O–H groups in total. The van der Waals surface area contributed by atoms with Crippen LogP contribution < -0.4 is 4.74 Å². The van der Waals surface area contributed by atoms with Crippen LogP contribution in [0.5, 0.6) is 5.75 Å². The Kier molecular flexibility index (Phi) is 26.9. The van der Waals surface area contributed by atoms with Gasteiger partial charge in [-0.2, -0.15) is 0 Å². The highest BCUT2D eigenvalue weighted by molar-refractivity contribution is 5.91. The Labute approximate surface area is 280 Å². The molecule has 4 heteroatoms. The lowest BCUT2D eigenvalue weighted by molar-refractivity contribution is -0.890. The number of allylic oxidation sites excluding steroid dienone is 2. The fourth-order valence-corrected chi connectivity index (χ4v) is 5.76. The van der Waals surface area contributed by atoms with E-state index in [4.69, 9.17) is 4.74 Å². The third kappa shape index (κ3) is 26.9. The van der Waals surface area contributed by atoms with Crippen molar-refractivity contribution in [3.05, 3.63) is 42.0 Å². The molecule has 0 aliphatic rings. The standard InChI is InChI=1S/C41H73N2O2/c1-5-7-9-11-13-15-17-18-19-20-21-22-24-26-28-30-41(44)42-38-39-31-33-40(34-32-39)45-37-36-43(3,4)35-29-27-25-23-16-14-12-10-8-6-2/h18-19,31-34,38H,5-17,20-30,35-37H2,1-4H3/q+1/b19-18-,42-38?. The number of aliphatic imine (C=N–C) groups is 1. The van der Waals surface area contributed by atoms with E-state index < -0.39 is 0 Å². The van der Waals surface area contributed by atoms with Crippen LogP contribution in [0.4, 0.5) is 0 Å². The average molecular weight is 626 g/mol. The highest BCUT2D eigenvalue weighted by Gasteiger charge is 2.14. The maximum Gasteiger partial charge on any atom is 0.245 e. The summed E-state index contributed by atoms with van der Waals surface area (Å²) in [6, 6.07) is 7.94. The largest absolute Gasteiger partial charge is 0.488 e. The molecule has 0 fully saturated rings. The molecule has 0 heterocycles. The maximum atomic E-state index is 12.2. The van der Waals surface area contributed by atoms with Crippen molar-refractivity contribution in [3.8, 4) is 5.75 Å². The van der Waals surface area contributed by atoms with E-state index in [1.165, 1.54) is 141 Å². The fourth-order valence-electron chi connectivity index (χ4n) is 5.76. The van der Waals surface area contributed by atoms with Gasteiger partial charge in [-0.3, -0.25) is 4.79 Å². The van der Waals surface area contributed by atoms with Gasteiger partial charge in [0.1, 0.15) is 18.9 Å². The predicted octanol–water partition coefficient (Wildman–Crippen LogP) is 12.0. The van der Waals surface area contributed by atoms with Gasteiger partial charge in [-0.25, -0.2) is 4.99 Å². The first-order valence-electron chi connectivity index (χ1n) is 19.2. The van der Waals surface area contributed by atoms with Crippen LogP contribution in [-0.4, -0.2) is 50.4 Å². The van der Waals surface area contributed by atoms with E-state index >= 15 is 0 Å². The van der Waals surface area contributed by atoms with Gasteiger partial charge in [-0.05, 0) is 74.8 Å². The van der Waals surface area contributed by atoms with E-state index in [0.29, 0.717) is 13.0 Å². The van der Waals surface area contributed by atoms with Gasteiger partial charge in [0, 0.05) is 12.6 Å². The summed E-state index contributed by atoms with van der Waals surface area (Å²) in [5, 5.41) is 0. The van der Waals surface area contributed by atoms with Crippen molar-refractivity contribution in [1.29, 1.82) is 0 Å². The van der Waals surface area contributed by atoms with Crippen molar-refractivity contribution in [3.63, 3.8) is 0 Å². The first-order chi connectivity index (χ1) is 22.0. The summed E-state index contributed by atoms with van der Waals surface area (Å²) in [6.07, 6.45) is 37.2. The monoisotopic (exact) mass is 626 g/mol. The molecule has 45 heavy (non-hydrogen) atoms. The van der Waals surface area contributed by atoms with E-state index in [9.17, 15) is 4.79 Å². The van der Waals surface area contributed by atoms with Gasteiger partial charge < -0.3 is 9.22 Å². The molecule has 0 unspecified atom stereocenters. The van der Waals surface area contributed by atoms with Crippen LogP contribution in [0, 0.1) is 0 Å². The van der Waals surface area contributed by atoms with Crippen molar-refractivity contribution in [1.82, 2.24) is 0 Å². The number of hydrogen-bond donors (Lipinski definition) is 0. The first kappa shape index (κ1) is 41.1. The molecule has 0 atom stereocenters. The van der Waals surface area contributed by atoms with Crippen LogP contribution in [0.15, 0.2) is 41.4 Å². The molecule has 0 aliphatic heterocycles. The number of ether oxygens (including phenoxy) is 1. The number of nitrogens with zero attached hydrogens (tertiary/aromatic N) is 2. The Morgan fingerprint density at radius 1 is 0.622 bits per heavy atom. The topological polar surface area (TPSA) is 38.7 Å². The number of carbonyl (C=O) groups is 1. The number of amides is 1. The Morgan fingerprint density at radius 3 is 1.62 bits per heavy atom. The molecule has 0 saturated carbocycles. The zero-order chi connectivity index (χ0) is 32.7. The second-order valence-electron chi connectivity index (χ2n) is 14.0. The molecule has 258 valence electrons. The van der Waals surface area contributed by atoms with Gasteiger partial charge in [0.25, 0.3) is 0 Å². The minimum absolute atomic E-state index is 0.0182. The molecular weight excluding hydrogens is 552 g/mol. The van der Waals surface area contributed by atoms with Crippen LogP contribution in [0.1, 0.15) is 174 Å². The first-order valence-corrected chi connectivity index (χ1v) is 19.2. The molecule has 4 nitrogen and oxygen atoms in total. The highest BCUT2D eigenvalue weighted by Crippen LogP contribution is 2.14. The number of likely N-dealkylation sites (N-methyl/N-ethyl adjacent to an activating group) is 1. The summed E-state index contributed by atoms with van der Waals surface area (Å²) in [5.74, 6) is 0.862. The number of rotatable bonds is 31. The summed E-state index contributed by atoms with van der Waals surface area (Å²) in [5.41, 5.74) is 0.942. The Bertz CT molecular complexity index is 859. The third-order valence-electron chi connectivity index (χ3n) is 8.97. The van der Waals surface area contributed by atoms with Crippen LogP contribution in [0.3, 0.4) is 0 Å². The number of unbranched alkanes of at least 4 members (excludes halogenated alkanes) is 20. The van der Waals surface area contributed by atoms with Gasteiger partial charge in [-0.15, -0.1) is 0 Å². The Morgan fingerprint density at radius 2 is 1.09 bits per heavy atom. The zero-order valence-corrected chi connectivity index (χ0v) is 30.3. The number of benzene rings is 1. The van der Waals surface area contributed by atoms with Crippen LogP contribution in [0.2, 0.25) is 0 Å². The molecule has 1 aromatic rings. The summed E-state index contributed by atoms with van der Waals surface area (Å²) in [6.45, 7) is 7.49. The third-order valence-corrected chi connectivity index (χ3v) is 8.97. The van der Waals surface area contributed by atoms with Gasteiger partial charge in [0.15, 0.2) is 0 Å². The van der Waals surface area contributed by atoms with Crippen molar-refractivity contribution >= 4 is 12.1 Å². The van der Waals surface area contributed by atoms with E-state index in [0.717, 1.165) is 35.2 Å². The molecule has 0 spiro atoms. The summed E-state index contributed by atoms with van der Waals surface area (Å²) < 4.78 is 7.03.